The standard InChI is InChI=1S/C28H49N8O17P3S/c1-15(2)10-28(5,30)26(41)57-9-8-31-17(37)6-7-32-24(40)21(39)27(3,4)12-50-56(47,48)53-55(45,46)49-11-16-20(52-54(42,43)44)19(38)25(51-16)36-14-35-18-22(29)33-13-34-23(18)36/h13-16,19-21,25,38-39H,6-12,30H2,1-5H3,(H,31,37)(H,32,40)(H,45,46)(H,47,48)(H2,29,33,34)(H2,42,43,44). The lowest BCUT2D eigenvalue weighted by atomic mass is 9.87. The number of thioether (sulfide) groups is 1. The largest absolute Gasteiger partial charge is 0.481 e. The van der Waals surface area contributed by atoms with Crippen molar-refractivity contribution in [3.63, 3.8) is 0 Å². The first-order chi connectivity index (χ1) is 26.1. The number of hydrogen-bond acceptors (Lipinski definition) is 19. The van der Waals surface area contributed by atoms with Crippen LogP contribution >= 0.6 is 35.2 Å². The van der Waals surface area contributed by atoms with Crippen molar-refractivity contribution in [2.24, 2.45) is 17.1 Å². The number of nitrogen functional groups attached to an aromatic ring is 1. The number of nitrogens with two attached hydrogens (primary N) is 2. The fourth-order valence-corrected chi connectivity index (χ4v) is 9.00. The molecule has 3 rings (SSSR count). The highest BCUT2D eigenvalue weighted by Gasteiger charge is 2.50. The maximum atomic E-state index is 12.7. The van der Waals surface area contributed by atoms with E-state index in [-0.39, 0.29) is 53.3 Å². The molecule has 2 aromatic rings. The normalized spacial score (nSPS) is 22.8. The maximum absolute atomic E-state index is 12.7. The van der Waals surface area contributed by atoms with Crippen LogP contribution in [0.3, 0.4) is 0 Å². The van der Waals surface area contributed by atoms with Gasteiger partial charge in [0.1, 0.15) is 36.3 Å². The molecule has 1 saturated heterocycles. The Morgan fingerprint density at radius 1 is 1.04 bits per heavy atom. The molecule has 0 radical (unpaired) electrons. The minimum atomic E-state index is -5.58. The van der Waals surface area contributed by atoms with E-state index in [1.165, 1.54) is 13.8 Å². The van der Waals surface area contributed by atoms with Crippen molar-refractivity contribution < 1.29 is 80.5 Å². The van der Waals surface area contributed by atoms with Crippen LogP contribution in [0.15, 0.2) is 12.7 Å². The van der Waals surface area contributed by atoms with Crippen LogP contribution in [0.2, 0.25) is 0 Å². The van der Waals surface area contributed by atoms with Crippen molar-refractivity contribution in [3.8, 4) is 0 Å². The Balaban J connectivity index is 1.48. The van der Waals surface area contributed by atoms with E-state index in [1.807, 2.05) is 13.8 Å². The first kappa shape index (κ1) is 48.9. The molecule has 1 aliphatic rings. The van der Waals surface area contributed by atoms with Crippen molar-refractivity contribution >= 4 is 69.1 Å². The second-order valence-electron chi connectivity index (χ2n) is 14.2. The summed E-state index contributed by atoms with van der Waals surface area (Å²) in [5.74, 6) is -0.994. The van der Waals surface area contributed by atoms with Gasteiger partial charge in [0, 0.05) is 30.7 Å². The number of aliphatic hydroxyl groups is 2. The highest BCUT2D eigenvalue weighted by molar-refractivity contribution is 8.13. The summed E-state index contributed by atoms with van der Waals surface area (Å²) in [6.45, 7) is 5.95. The highest BCUT2D eigenvalue weighted by atomic mass is 32.2. The molecule has 25 nitrogen and oxygen atoms in total. The number of hydrogen-bond donors (Lipinski definition) is 10. The van der Waals surface area contributed by atoms with Crippen LogP contribution < -0.4 is 22.1 Å². The number of carbonyl (C=O) groups excluding carboxylic acids is 3. The van der Waals surface area contributed by atoms with E-state index in [0.29, 0.717) is 6.42 Å². The lowest BCUT2D eigenvalue weighted by Crippen LogP contribution is -2.46. The number of imidazole rings is 1. The molecular weight excluding hydrogens is 845 g/mol. The second-order valence-corrected chi connectivity index (χ2v) is 19.5. The molecule has 57 heavy (non-hydrogen) atoms. The number of ether oxygens (including phenoxy) is 1. The Hall–Kier alpha value is -2.48. The molecule has 0 spiro atoms. The summed E-state index contributed by atoms with van der Waals surface area (Å²) in [6, 6.07) is 0. The zero-order valence-corrected chi connectivity index (χ0v) is 34.9. The number of phosphoric ester groups is 3. The number of aromatic nitrogens is 4. The average Bonchev–Trinajstić information content (AvgIpc) is 3.63. The van der Waals surface area contributed by atoms with Crippen LogP contribution in [0.1, 0.15) is 53.7 Å². The van der Waals surface area contributed by atoms with E-state index < -0.39 is 90.1 Å². The van der Waals surface area contributed by atoms with Gasteiger partial charge in [-0.3, -0.25) is 32.5 Å². The Morgan fingerprint density at radius 3 is 2.32 bits per heavy atom. The lowest BCUT2D eigenvalue weighted by Gasteiger charge is -2.30. The zero-order valence-electron chi connectivity index (χ0n) is 31.4. The zero-order chi connectivity index (χ0) is 43.1. The number of carbonyl (C=O) groups is 3. The molecule has 29 heteroatoms. The fraction of sp³-hybridized carbons (Fsp3) is 0.714. The molecule has 8 atom stereocenters. The van der Waals surface area contributed by atoms with E-state index in [2.05, 4.69) is 34.4 Å². The molecule has 0 bridgehead atoms. The maximum Gasteiger partial charge on any atom is 0.481 e. The van der Waals surface area contributed by atoms with E-state index >= 15 is 0 Å². The van der Waals surface area contributed by atoms with Crippen molar-refractivity contribution in [1.82, 2.24) is 30.2 Å². The number of nitrogens with zero attached hydrogens (tertiary/aromatic N) is 4. The van der Waals surface area contributed by atoms with Gasteiger partial charge in [-0.15, -0.1) is 0 Å². The van der Waals surface area contributed by atoms with Crippen LogP contribution in [0.4, 0.5) is 5.82 Å². The number of anilines is 1. The van der Waals surface area contributed by atoms with Gasteiger partial charge in [0.15, 0.2) is 17.7 Å². The topological polar surface area (TPSA) is 390 Å². The molecule has 1 fully saturated rings. The monoisotopic (exact) mass is 894 g/mol. The summed E-state index contributed by atoms with van der Waals surface area (Å²) >= 11 is 0.994. The molecule has 0 saturated carbocycles. The second kappa shape index (κ2) is 19.7. The SMILES string of the molecule is CC(C)CC(C)(N)C(=O)SCCNC(=O)CCNC(=O)C(O)C(C)(C)COP(=O)(O)OP(=O)(O)OCC1OC(n2cnc3c(N)ncnc32)C(O)C1OP(=O)(O)O. The quantitative estimate of drug-likeness (QED) is 0.0522. The third-order valence-corrected chi connectivity index (χ3v) is 12.3. The van der Waals surface area contributed by atoms with Crippen LogP contribution in [0.5, 0.6) is 0 Å². The third kappa shape index (κ3) is 14.6. The Kier molecular flexibility index (Phi) is 16.9. The minimum absolute atomic E-state index is 0.0281. The molecule has 324 valence electrons. The molecule has 8 unspecified atom stereocenters. The van der Waals surface area contributed by atoms with Gasteiger partial charge in [-0.25, -0.2) is 28.6 Å². The van der Waals surface area contributed by atoms with E-state index in [0.717, 1.165) is 29.0 Å². The summed E-state index contributed by atoms with van der Waals surface area (Å²) in [5, 5.41) is 26.2. The van der Waals surface area contributed by atoms with Gasteiger partial charge >= 0.3 is 23.5 Å². The summed E-state index contributed by atoms with van der Waals surface area (Å²) in [4.78, 5) is 88.0. The van der Waals surface area contributed by atoms with E-state index in [4.69, 9.17) is 25.3 Å². The number of rotatable bonds is 22. The molecule has 12 N–H and O–H groups in total. The summed E-state index contributed by atoms with van der Waals surface area (Å²) in [5.41, 5.74) is 9.32. The van der Waals surface area contributed by atoms with Crippen molar-refractivity contribution in [2.45, 2.75) is 83.6 Å². The van der Waals surface area contributed by atoms with Gasteiger partial charge in [0.25, 0.3) is 0 Å². The van der Waals surface area contributed by atoms with Crippen molar-refractivity contribution in [1.29, 1.82) is 0 Å². The van der Waals surface area contributed by atoms with Gasteiger partial charge in [-0.1, -0.05) is 39.5 Å². The smallest absolute Gasteiger partial charge is 0.386 e. The number of fused-ring (bicyclic) bond motifs is 1. The van der Waals surface area contributed by atoms with Crippen LogP contribution in [0, 0.1) is 11.3 Å². The predicted molar refractivity (Wildman–Crippen MR) is 199 cm³/mol. The van der Waals surface area contributed by atoms with Gasteiger partial charge in [-0.2, -0.15) is 4.31 Å². The van der Waals surface area contributed by atoms with Gasteiger partial charge in [-0.05, 0) is 19.3 Å². The van der Waals surface area contributed by atoms with Crippen molar-refractivity contribution in [2.75, 3.05) is 37.8 Å². The molecule has 3 heterocycles. The summed E-state index contributed by atoms with van der Waals surface area (Å²) in [7, 11) is -16.4. The lowest BCUT2D eigenvalue weighted by molar-refractivity contribution is -0.137. The fourth-order valence-electron chi connectivity index (χ4n) is 5.37. The molecule has 2 amide bonds. The van der Waals surface area contributed by atoms with E-state index in [9.17, 15) is 57.9 Å². The average molecular weight is 895 g/mol. The molecule has 2 aromatic heterocycles. The molecule has 1 aliphatic heterocycles. The predicted octanol–water partition coefficient (Wildman–Crippen LogP) is -0.572. The van der Waals surface area contributed by atoms with Crippen LogP contribution in [0.25, 0.3) is 11.2 Å². The molecule has 0 aliphatic carbocycles. The Bertz CT molecular complexity index is 1880. The Morgan fingerprint density at radius 2 is 1.68 bits per heavy atom. The van der Waals surface area contributed by atoms with Gasteiger partial charge < -0.3 is 56.6 Å². The third-order valence-electron chi connectivity index (χ3n) is 8.03. The minimum Gasteiger partial charge on any atom is -0.386 e. The Labute approximate surface area is 330 Å². The van der Waals surface area contributed by atoms with Gasteiger partial charge in [0.05, 0.1) is 25.1 Å². The molecular formula is C28H49N8O17P3S. The summed E-state index contributed by atoms with van der Waals surface area (Å²) in [6.07, 6.45) is -6.46. The van der Waals surface area contributed by atoms with Gasteiger partial charge in [0.2, 0.25) is 16.9 Å². The first-order valence-corrected chi connectivity index (χ1v) is 22.5. The van der Waals surface area contributed by atoms with Crippen LogP contribution in [-0.2, 0) is 50.7 Å². The molecule has 0 aromatic carbocycles. The van der Waals surface area contributed by atoms with E-state index in [1.54, 1.807) is 6.92 Å². The van der Waals surface area contributed by atoms with Crippen LogP contribution in [-0.4, -0.2) is 128 Å². The summed E-state index contributed by atoms with van der Waals surface area (Å²) < 4.78 is 62.1. The number of nitrogens with one attached hydrogen (secondary N) is 2. The number of amides is 2. The number of aliphatic hydroxyl groups excluding tert-OH is 2. The number of phosphoric acid groups is 3. The van der Waals surface area contributed by atoms with Crippen molar-refractivity contribution in [3.05, 3.63) is 12.7 Å². The highest BCUT2D eigenvalue weighted by Crippen LogP contribution is 2.61. The first-order valence-electron chi connectivity index (χ1n) is 17.0.